The Bertz CT molecular complexity index is 1040. The van der Waals surface area contributed by atoms with Gasteiger partial charge in [0.25, 0.3) is 0 Å². The number of nitrogens with zero attached hydrogens (tertiary/aromatic N) is 2. The van der Waals surface area contributed by atoms with Crippen molar-refractivity contribution >= 4 is 28.6 Å². The van der Waals surface area contributed by atoms with Crippen molar-refractivity contribution in [3.63, 3.8) is 0 Å². The quantitative estimate of drug-likeness (QED) is 0.767. The van der Waals surface area contributed by atoms with Crippen molar-refractivity contribution in [1.29, 1.82) is 0 Å². The Balaban J connectivity index is 1.74. The Kier molecular flexibility index (Phi) is 4.30. The summed E-state index contributed by atoms with van der Waals surface area (Å²) >= 11 is 6.08. The van der Waals surface area contributed by atoms with Crippen LogP contribution in [0.5, 0.6) is 0 Å². The zero-order valence-corrected chi connectivity index (χ0v) is 15.0. The Labute approximate surface area is 155 Å². The molecular weight excluding hydrogens is 354 g/mol. The molecule has 1 aromatic heterocycles. The van der Waals surface area contributed by atoms with E-state index < -0.39 is 5.76 Å². The first kappa shape index (κ1) is 16.9. The summed E-state index contributed by atoms with van der Waals surface area (Å²) in [6, 6.07) is 12.8. The van der Waals surface area contributed by atoms with Crippen molar-refractivity contribution < 1.29 is 9.21 Å². The minimum Gasteiger partial charge on any atom is -0.408 e. The van der Waals surface area contributed by atoms with Gasteiger partial charge in [-0.1, -0.05) is 35.9 Å². The second-order valence-corrected chi connectivity index (χ2v) is 6.84. The fraction of sp³-hybridized carbons (Fsp3) is 0.263. The van der Waals surface area contributed by atoms with Crippen molar-refractivity contribution in [2.45, 2.75) is 25.7 Å². The van der Waals surface area contributed by atoms with Crippen LogP contribution in [0.25, 0.3) is 11.1 Å². The molecule has 0 saturated heterocycles. The highest BCUT2D eigenvalue weighted by molar-refractivity contribution is 6.31. The molecule has 134 valence electrons. The lowest BCUT2D eigenvalue weighted by Gasteiger charge is -2.35. The molecule has 0 spiro atoms. The lowest BCUT2D eigenvalue weighted by Crippen LogP contribution is -2.50. The van der Waals surface area contributed by atoms with E-state index in [1.165, 1.54) is 4.57 Å². The largest absolute Gasteiger partial charge is 0.421 e. The van der Waals surface area contributed by atoms with Crippen LogP contribution in [0, 0.1) is 0 Å². The molecule has 1 aliphatic heterocycles. The number of aromatic nitrogens is 1. The topological polar surface area (TPSA) is 67.5 Å². The maximum Gasteiger partial charge on any atom is 0.421 e. The first-order valence-corrected chi connectivity index (χ1v) is 8.76. The van der Waals surface area contributed by atoms with Gasteiger partial charge >= 0.3 is 5.76 Å². The number of oxazole rings is 1. The average Bonchev–Trinajstić information content (AvgIpc) is 2.95. The van der Waals surface area contributed by atoms with Crippen molar-refractivity contribution in [2.24, 2.45) is 0 Å². The molecule has 26 heavy (non-hydrogen) atoms. The molecule has 2 aromatic carbocycles. The molecule has 1 unspecified atom stereocenters. The summed E-state index contributed by atoms with van der Waals surface area (Å²) in [5.41, 5.74) is 3.42. The summed E-state index contributed by atoms with van der Waals surface area (Å²) in [5, 5.41) is 3.25. The number of benzene rings is 2. The number of rotatable bonds is 3. The zero-order valence-electron chi connectivity index (χ0n) is 14.2. The zero-order chi connectivity index (χ0) is 18.3. The predicted molar refractivity (Wildman–Crippen MR) is 99.0 cm³/mol. The summed E-state index contributed by atoms with van der Waals surface area (Å²) in [4.78, 5) is 26.8. The van der Waals surface area contributed by atoms with Crippen LogP contribution in [0.4, 0.5) is 0 Å². The average molecular weight is 372 g/mol. The van der Waals surface area contributed by atoms with Crippen LogP contribution in [0.2, 0.25) is 5.02 Å². The van der Waals surface area contributed by atoms with Gasteiger partial charge in [0.1, 0.15) is 0 Å². The van der Waals surface area contributed by atoms with E-state index in [1.807, 2.05) is 23.1 Å². The van der Waals surface area contributed by atoms with Crippen molar-refractivity contribution in [3.8, 4) is 0 Å². The molecule has 0 fully saturated rings. The third-order valence-corrected chi connectivity index (χ3v) is 5.08. The first-order chi connectivity index (χ1) is 12.6. The standard InChI is InChI=1S/C19H18ClN3O3/c1-21-18(24)16-8-12-4-2-3-5-13(12)10-22(16)11-23-15-9-14(20)6-7-17(15)26-19(23)25/h2-7,9,16H,8,10-11H2,1H3,(H,21,24). The smallest absolute Gasteiger partial charge is 0.408 e. The van der Waals surface area contributed by atoms with Gasteiger partial charge in [0.15, 0.2) is 5.58 Å². The summed E-state index contributed by atoms with van der Waals surface area (Å²) in [7, 11) is 1.63. The lowest BCUT2D eigenvalue weighted by atomic mass is 9.94. The van der Waals surface area contributed by atoms with Crippen LogP contribution in [0.3, 0.4) is 0 Å². The van der Waals surface area contributed by atoms with Crippen LogP contribution < -0.4 is 11.1 Å². The second-order valence-electron chi connectivity index (χ2n) is 6.40. The van der Waals surface area contributed by atoms with Crippen LogP contribution in [0.1, 0.15) is 11.1 Å². The minimum absolute atomic E-state index is 0.0709. The molecule has 0 saturated carbocycles. The van der Waals surface area contributed by atoms with Gasteiger partial charge in [-0.25, -0.2) is 4.79 Å². The first-order valence-electron chi connectivity index (χ1n) is 8.38. The maximum atomic E-state index is 12.4. The van der Waals surface area contributed by atoms with E-state index in [1.54, 1.807) is 25.2 Å². The van der Waals surface area contributed by atoms with Gasteiger partial charge in [-0.2, -0.15) is 0 Å². The summed E-state index contributed by atoms with van der Waals surface area (Å²) in [5.74, 6) is -0.532. The van der Waals surface area contributed by atoms with Gasteiger partial charge in [-0.15, -0.1) is 0 Å². The molecule has 6 nitrogen and oxygen atoms in total. The molecule has 0 radical (unpaired) electrons. The third kappa shape index (κ3) is 2.91. The number of likely N-dealkylation sites (N-methyl/N-ethyl adjacent to an activating group) is 1. The van der Waals surface area contributed by atoms with E-state index in [0.717, 1.165) is 11.1 Å². The van der Waals surface area contributed by atoms with Gasteiger partial charge in [0.05, 0.1) is 18.2 Å². The maximum absolute atomic E-state index is 12.4. The number of hydrogen-bond donors (Lipinski definition) is 1. The fourth-order valence-electron chi connectivity index (χ4n) is 3.50. The molecule has 0 aliphatic carbocycles. The molecule has 1 N–H and O–H groups in total. The van der Waals surface area contributed by atoms with Crippen molar-refractivity contribution in [2.75, 3.05) is 7.05 Å². The monoisotopic (exact) mass is 371 g/mol. The van der Waals surface area contributed by atoms with Crippen molar-refractivity contribution in [3.05, 3.63) is 69.2 Å². The number of carbonyl (C=O) groups is 1. The number of hydrogen-bond acceptors (Lipinski definition) is 4. The fourth-order valence-corrected chi connectivity index (χ4v) is 3.67. The van der Waals surface area contributed by atoms with Crippen LogP contribution in [-0.4, -0.2) is 28.5 Å². The molecule has 7 heteroatoms. The number of carbonyl (C=O) groups excluding carboxylic acids is 1. The normalized spacial score (nSPS) is 17.2. The molecule has 0 bridgehead atoms. The highest BCUT2D eigenvalue weighted by Crippen LogP contribution is 2.25. The molecular formula is C19H18ClN3O3. The third-order valence-electron chi connectivity index (χ3n) is 4.85. The number of halogens is 1. The molecule has 1 aliphatic rings. The molecule has 3 aromatic rings. The van der Waals surface area contributed by atoms with E-state index in [0.29, 0.717) is 29.1 Å². The molecule has 2 heterocycles. The Morgan fingerprint density at radius 2 is 2.04 bits per heavy atom. The highest BCUT2D eigenvalue weighted by Gasteiger charge is 2.31. The van der Waals surface area contributed by atoms with E-state index in [-0.39, 0.29) is 18.6 Å². The molecule has 4 rings (SSSR count). The molecule has 1 amide bonds. The van der Waals surface area contributed by atoms with Gasteiger partial charge in [0, 0.05) is 18.6 Å². The summed E-state index contributed by atoms with van der Waals surface area (Å²) < 4.78 is 6.83. The second kappa shape index (κ2) is 6.63. The highest BCUT2D eigenvalue weighted by atomic mass is 35.5. The lowest BCUT2D eigenvalue weighted by molar-refractivity contribution is -0.127. The van der Waals surface area contributed by atoms with Crippen LogP contribution in [-0.2, 0) is 24.4 Å². The summed E-state index contributed by atoms with van der Waals surface area (Å²) in [6.45, 7) is 0.826. The van der Waals surface area contributed by atoms with Gasteiger partial charge in [-0.05, 0) is 35.7 Å². The van der Waals surface area contributed by atoms with Gasteiger partial charge in [0.2, 0.25) is 5.91 Å². The van der Waals surface area contributed by atoms with Gasteiger partial charge < -0.3 is 9.73 Å². The summed E-state index contributed by atoms with van der Waals surface area (Å²) in [6.07, 6.45) is 0.598. The van der Waals surface area contributed by atoms with E-state index in [2.05, 4.69) is 11.4 Å². The van der Waals surface area contributed by atoms with E-state index in [4.69, 9.17) is 16.0 Å². The number of amides is 1. The number of fused-ring (bicyclic) bond motifs is 2. The Morgan fingerprint density at radius 3 is 2.81 bits per heavy atom. The molecule has 1 atom stereocenters. The SMILES string of the molecule is CNC(=O)C1Cc2ccccc2CN1Cn1c(=O)oc2ccc(Cl)cc21. The Morgan fingerprint density at radius 1 is 1.27 bits per heavy atom. The van der Waals surface area contributed by atoms with Crippen LogP contribution in [0.15, 0.2) is 51.7 Å². The number of nitrogens with one attached hydrogen (secondary N) is 1. The van der Waals surface area contributed by atoms with Crippen molar-refractivity contribution in [1.82, 2.24) is 14.8 Å². The predicted octanol–water partition coefficient (Wildman–Crippen LogP) is 2.38. The van der Waals surface area contributed by atoms with E-state index >= 15 is 0 Å². The Hall–Kier alpha value is -2.57. The van der Waals surface area contributed by atoms with Gasteiger partial charge in [-0.3, -0.25) is 14.3 Å². The van der Waals surface area contributed by atoms with E-state index in [9.17, 15) is 9.59 Å². The minimum atomic E-state index is -0.461. The van der Waals surface area contributed by atoms with Crippen LogP contribution >= 0.6 is 11.6 Å².